The molecule has 0 fully saturated rings. The number of thioether (sulfide) groups is 1. The maximum absolute atomic E-state index is 13.4. The van der Waals surface area contributed by atoms with Gasteiger partial charge in [-0.15, -0.1) is 23.4 Å². The summed E-state index contributed by atoms with van der Waals surface area (Å²) in [6.07, 6.45) is 2.23. The molecule has 0 amide bonds. The van der Waals surface area contributed by atoms with E-state index in [1.54, 1.807) is 6.92 Å². The van der Waals surface area contributed by atoms with Crippen molar-refractivity contribution in [2.45, 2.75) is 30.5 Å². The molecule has 0 saturated heterocycles. The first kappa shape index (κ1) is 11.7. The first-order valence-corrected chi connectivity index (χ1v) is 5.76. The van der Waals surface area contributed by atoms with Crippen molar-refractivity contribution in [2.75, 3.05) is 5.88 Å². The molecular formula is C9H12ClFN2S. The van der Waals surface area contributed by atoms with E-state index >= 15 is 0 Å². The Labute approximate surface area is 92.3 Å². The first-order valence-electron chi connectivity index (χ1n) is 4.35. The van der Waals surface area contributed by atoms with Gasteiger partial charge < -0.3 is 0 Å². The van der Waals surface area contributed by atoms with E-state index in [-0.39, 0.29) is 11.1 Å². The Kier molecular flexibility index (Phi) is 4.62. The number of halogens is 2. The van der Waals surface area contributed by atoms with E-state index in [9.17, 15) is 4.39 Å². The van der Waals surface area contributed by atoms with Gasteiger partial charge in [0.2, 0.25) is 0 Å². The topological polar surface area (TPSA) is 25.8 Å². The number of aromatic nitrogens is 2. The molecule has 0 aliphatic carbocycles. The second-order valence-corrected chi connectivity index (χ2v) is 4.79. The highest BCUT2D eigenvalue weighted by atomic mass is 35.5. The monoisotopic (exact) mass is 234 g/mol. The van der Waals surface area contributed by atoms with Crippen LogP contribution in [-0.2, 0) is 0 Å². The van der Waals surface area contributed by atoms with Gasteiger partial charge in [-0.1, -0.05) is 6.92 Å². The van der Waals surface area contributed by atoms with Crippen molar-refractivity contribution in [3.8, 4) is 0 Å². The summed E-state index contributed by atoms with van der Waals surface area (Å²) in [6, 6.07) is 0. The van der Waals surface area contributed by atoms with E-state index in [2.05, 4.69) is 9.97 Å². The lowest BCUT2D eigenvalue weighted by Gasteiger charge is -2.09. The van der Waals surface area contributed by atoms with Gasteiger partial charge in [-0.25, -0.2) is 14.4 Å². The van der Waals surface area contributed by atoms with Crippen LogP contribution in [0.2, 0.25) is 0 Å². The normalized spacial score (nSPS) is 12.9. The van der Waals surface area contributed by atoms with Gasteiger partial charge in [0.1, 0.15) is 11.4 Å². The third-order valence-corrected chi connectivity index (χ3v) is 3.12. The molecule has 1 heterocycles. The SMILES string of the molecule is Cc1ncnc(SC(C)CCCl)c1F. The Morgan fingerprint density at radius 2 is 2.29 bits per heavy atom. The summed E-state index contributed by atoms with van der Waals surface area (Å²) in [7, 11) is 0. The quantitative estimate of drug-likeness (QED) is 0.455. The average Bonchev–Trinajstić information content (AvgIpc) is 2.13. The molecule has 0 spiro atoms. The van der Waals surface area contributed by atoms with Crippen molar-refractivity contribution in [2.24, 2.45) is 0 Å². The standard InChI is InChI=1S/C9H12ClFN2S/c1-6(3-4-10)14-9-8(11)7(2)12-5-13-9/h5-6H,3-4H2,1-2H3. The van der Waals surface area contributed by atoms with Gasteiger partial charge in [0.25, 0.3) is 0 Å². The fourth-order valence-corrected chi connectivity index (χ4v) is 2.35. The minimum absolute atomic E-state index is 0.274. The molecule has 5 heteroatoms. The molecule has 1 aromatic rings. The van der Waals surface area contributed by atoms with Gasteiger partial charge in [-0.2, -0.15) is 0 Å². The third kappa shape index (κ3) is 3.10. The van der Waals surface area contributed by atoms with Crippen LogP contribution in [-0.4, -0.2) is 21.1 Å². The highest BCUT2D eigenvalue weighted by molar-refractivity contribution is 7.99. The Morgan fingerprint density at radius 1 is 1.57 bits per heavy atom. The third-order valence-electron chi connectivity index (χ3n) is 1.76. The van der Waals surface area contributed by atoms with E-state index < -0.39 is 0 Å². The summed E-state index contributed by atoms with van der Waals surface area (Å²) < 4.78 is 13.4. The summed E-state index contributed by atoms with van der Waals surface area (Å²) >= 11 is 6.99. The van der Waals surface area contributed by atoms with Gasteiger partial charge in [0.05, 0.1) is 5.69 Å². The number of aryl methyl sites for hydroxylation is 1. The molecule has 0 aliphatic rings. The minimum atomic E-state index is -0.320. The van der Waals surface area contributed by atoms with E-state index in [4.69, 9.17) is 11.6 Å². The van der Waals surface area contributed by atoms with Gasteiger partial charge >= 0.3 is 0 Å². The molecule has 0 aliphatic heterocycles. The van der Waals surface area contributed by atoms with Crippen LogP contribution in [0.15, 0.2) is 11.4 Å². The van der Waals surface area contributed by atoms with E-state index in [0.717, 1.165) is 6.42 Å². The zero-order valence-corrected chi connectivity index (χ0v) is 9.70. The maximum Gasteiger partial charge on any atom is 0.176 e. The fourth-order valence-electron chi connectivity index (χ4n) is 0.921. The lowest BCUT2D eigenvalue weighted by molar-refractivity contribution is 0.566. The van der Waals surface area contributed by atoms with Crippen LogP contribution in [0.25, 0.3) is 0 Å². The predicted octanol–water partition coefficient (Wildman–Crippen LogP) is 3.03. The summed E-state index contributed by atoms with van der Waals surface area (Å²) in [6.45, 7) is 3.64. The predicted molar refractivity (Wildman–Crippen MR) is 57.4 cm³/mol. The average molecular weight is 235 g/mol. The zero-order valence-electron chi connectivity index (χ0n) is 8.13. The Hall–Kier alpha value is -0.350. The van der Waals surface area contributed by atoms with E-state index in [0.29, 0.717) is 16.6 Å². The molecule has 0 aromatic carbocycles. The van der Waals surface area contributed by atoms with Crippen molar-refractivity contribution in [1.82, 2.24) is 9.97 Å². The van der Waals surface area contributed by atoms with E-state index in [1.165, 1.54) is 18.1 Å². The van der Waals surface area contributed by atoms with Gasteiger partial charge in [-0.05, 0) is 13.3 Å². The summed E-state index contributed by atoms with van der Waals surface area (Å²) in [4.78, 5) is 7.66. The van der Waals surface area contributed by atoms with Crippen molar-refractivity contribution in [1.29, 1.82) is 0 Å². The van der Waals surface area contributed by atoms with Crippen LogP contribution < -0.4 is 0 Å². The molecule has 0 bridgehead atoms. The number of nitrogens with zero attached hydrogens (tertiary/aromatic N) is 2. The largest absolute Gasteiger partial charge is 0.239 e. The second-order valence-electron chi connectivity index (χ2n) is 2.98. The highest BCUT2D eigenvalue weighted by Gasteiger charge is 2.11. The van der Waals surface area contributed by atoms with Crippen LogP contribution in [0.4, 0.5) is 4.39 Å². The maximum atomic E-state index is 13.4. The van der Waals surface area contributed by atoms with Gasteiger partial charge in [0, 0.05) is 11.1 Å². The van der Waals surface area contributed by atoms with Crippen molar-refractivity contribution >= 4 is 23.4 Å². The van der Waals surface area contributed by atoms with Crippen LogP contribution in [0, 0.1) is 12.7 Å². The smallest absolute Gasteiger partial charge is 0.176 e. The zero-order chi connectivity index (χ0) is 10.6. The van der Waals surface area contributed by atoms with Crippen LogP contribution in [0.5, 0.6) is 0 Å². The number of hydrogen-bond donors (Lipinski definition) is 0. The molecule has 0 N–H and O–H groups in total. The molecule has 1 atom stereocenters. The Balaban J connectivity index is 2.71. The molecule has 0 radical (unpaired) electrons. The molecule has 1 rings (SSSR count). The molecule has 14 heavy (non-hydrogen) atoms. The van der Waals surface area contributed by atoms with Crippen molar-refractivity contribution < 1.29 is 4.39 Å². The molecule has 1 unspecified atom stereocenters. The highest BCUT2D eigenvalue weighted by Crippen LogP contribution is 2.26. The minimum Gasteiger partial charge on any atom is -0.239 e. The summed E-state index contributed by atoms with van der Waals surface area (Å²) in [5.41, 5.74) is 0.389. The number of hydrogen-bond acceptors (Lipinski definition) is 3. The van der Waals surface area contributed by atoms with Gasteiger partial charge in [-0.3, -0.25) is 0 Å². The number of alkyl halides is 1. The number of rotatable bonds is 4. The lowest BCUT2D eigenvalue weighted by Crippen LogP contribution is -2.01. The van der Waals surface area contributed by atoms with E-state index in [1.807, 2.05) is 6.92 Å². The lowest BCUT2D eigenvalue weighted by atomic mass is 10.4. The molecule has 1 aromatic heterocycles. The summed E-state index contributed by atoms with van der Waals surface area (Å²) in [5.74, 6) is 0.263. The molecule has 78 valence electrons. The fraction of sp³-hybridized carbons (Fsp3) is 0.556. The summed E-state index contributed by atoms with van der Waals surface area (Å²) in [5, 5.41) is 0.686. The Morgan fingerprint density at radius 3 is 2.93 bits per heavy atom. The van der Waals surface area contributed by atoms with Crippen LogP contribution in [0.1, 0.15) is 19.0 Å². The molecule has 2 nitrogen and oxygen atoms in total. The first-order chi connectivity index (χ1) is 6.65. The second kappa shape index (κ2) is 5.51. The van der Waals surface area contributed by atoms with Crippen LogP contribution in [0.3, 0.4) is 0 Å². The molecule has 0 saturated carbocycles. The van der Waals surface area contributed by atoms with Crippen molar-refractivity contribution in [3.05, 3.63) is 17.8 Å². The molecular weight excluding hydrogens is 223 g/mol. The van der Waals surface area contributed by atoms with Crippen molar-refractivity contribution in [3.63, 3.8) is 0 Å². The van der Waals surface area contributed by atoms with Gasteiger partial charge in [0.15, 0.2) is 5.82 Å². The Bertz CT molecular complexity index is 309. The van der Waals surface area contributed by atoms with Crippen LogP contribution >= 0.6 is 23.4 Å².